The minimum Gasteiger partial charge on any atom is -0.294 e. The van der Waals surface area contributed by atoms with E-state index in [1.165, 1.54) is 11.3 Å². The summed E-state index contributed by atoms with van der Waals surface area (Å²) in [5.41, 5.74) is 0. The molecule has 0 saturated carbocycles. The second kappa shape index (κ2) is 7.53. The van der Waals surface area contributed by atoms with Crippen molar-refractivity contribution in [2.75, 3.05) is 19.1 Å². The van der Waals surface area contributed by atoms with Crippen molar-refractivity contribution < 1.29 is 4.79 Å². The van der Waals surface area contributed by atoms with Gasteiger partial charge in [-0.25, -0.2) is 0 Å². The molecule has 1 heterocycles. The molecule has 1 rings (SSSR count). The van der Waals surface area contributed by atoms with E-state index in [0.29, 0.717) is 10.4 Å². The Hall–Kier alpha value is -0.0300. The summed E-state index contributed by atoms with van der Waals surface area (Å²) in [4.78, 5) is 15.2. The summed E-state index contributed by atoms with van der Waals surface area (Å²) in [6.45, 7) is 4.13. The topological polar surface area (TPSA) is 20.3 Å². The molecule has 2 atom stereocenters. The van der Waals surface area contributed by atoms with Gasteiger partial charge in [-0.15, -0.1) is 11.3 Å². The van der Waals surface area contributed by atoms with E-state index in [9.17, 15) is 4.79 Å². The standard InChI is InChI=1S/C13H20ClNOS2/c1-9(7-8-17-4)15(3)10(2)13(16)11-5-6-12(14)18-11/h5-6,9-10H,7-8H2,1-4H3. The number of Topliss-reactive ketones (excluding diaryl/α,β-unsaturated/α-hetero) is 1. The zero-order chi connectivity index (χ0) is 13.7. The van der Waals surface area contributed by atoms with Crippen molar-refractivity contribution in [1.82, 2.24) is 4.90 Å². The third-order valence-corrected chi connectivity index (χ3v) is 5.13. The van der Waals surface area contributed by atoms with Gasteiger partial charge in [0.2, 0.25) is 0 Å². The maximum atomic E-state index is 12.3. The van der Waals surface area contributed by atoms with Crippen LogP contribution in [0.4, 0.5) is 0 Å². The summed E-state index contributed by atoms with van der Waals surface area (Å²) in [6.07, 6.45) is 3.20. The van der Waals surface area contributed by atoms with Gasteiger partial charge in [0.05, 0.1) is 15.3 Å². The number of carbonyl (C=O) groups excluding carboxylic acids is 1. The van der Waals surface area contributed by atoms with Crippen molar-refractivity contribution in [3.63, 3.8) is 0 Å². The third kappa shape index (κ3) is 4.26. The van der Waals surface area contributed by atoms with E-state index in [2.05, 4.69) is 18.1 Å². The van der Waals surface area contributed by atoms with Gasteiger partial charge in [-0.2, -0.15) is 11.8 Å². The predicted molar refractivity (Wildman–Crippen MR) is 83.3 cm³/mol. The number of thioether (sulfide) groups is 1. The van der Waals surface area contributed by atoms with E-state index in [1.807, 2.05) is 31.8 Å². The molecule has 0 aliphatic carbocycles. The van der Waals surface area contributed by atoms with Crippen LogP contribution in [0.3, 0.4) is 0 Å². The van der Waals surface area contributed by atoms with Crippen LogP contribution in [0.2, 0.25) is 4.34 Å². The Morgan fingerprint density at radius 1 is 1.50 bits per heavy atom. The van der Waals surface area contributed by atoms with Crippen molar-refractivity contribution >= 4 is 40.5 Å². The van der Waals surface area contributed by atoms with Gasteiger partial charge in [0.25, 0.3) is 0 Å². The Bertz CT molecular complexity index is 394. The summed E-state index contributed by atoms with van der Waals surface area (Å²) in [5, 5.41) is 0. The van der Waals surface area contributed by atoms with Crippen LogP contribution in [0, 0.1) is 0 Å². The number of hydrogen-bond donors (Lipinski definition) is 0. The van der Waals surface area contributed by atoms with E-state index in [-0.39, 0.29) is 11.8 Å². The molecule has 0 radical (unpaired) electrons. The number of halogens is 1. The lowest BCUT2D eigenvalue weighted by molar-refractivity contribution is 0.0829. The molecular weight excluding hydrogens is 286 g/mol. The highest BCUT2D eigenvalue weighted by Crippen LogP contribution is 2.24. The molecule has 102 valence electrons. The summed E-state index contributed by atoms with van der Waals surface area (Å²) in [6, 6.07) is 3.90. The maximum Gasteiger partial charge on any atom is 0.189 e. The van der Waals surface area contributed by atoms with Crippen LogP contribution in [-0.2, 0) is 0 Å². The lowest BCUT2D eigenvalue weighted by Gasteiger charge is -2.29. The van der Waals surface area contributed by atoms with Crippen LogP contribution >= 0.6 is 34.7 Å². The van der Waals surface area contributed by atoms with Crippen LogP contribution in [0.15, 0.2) is 12.1 Å². The zero-order valence-electron chi connectivity index (χ0n) is 11.3. The first-order valence-corrected chi connectivity index (χ1v) is 8.56. The molecule has 18 heavy (non-hydrogen) atoms. The number of ketones is 1. The first-order valence-electron chi connectivity index (χ1n) is 5.97. The Balaban J connectivity index is 2.62. The molecule has 0 amide bonds. The fourth-order valence-corrected chi connectivity index (χ4v) is 3.35. The number of hydrogen-bond acceptors (Lipinski definition) is 4. The van der Waals surface area contributed by atoms with Gasteiger partial charge in [0.1, 0.15) is 0 Å². The smallest absolute Gasteiger partial charge is 0.189 e. The van der Waals surface area contributed by atoms with Crippen molar-refractivity contribution in [3.8, 4) is 0 Å². The summed E-state index contributed by atoms with van der Waals surface area (Å²) >= 11 is 9.07. The number of carbonyl (C=O) groups is 1. The highest BCUT2D eigenvalue weighted by molar-refractivity contribution is 7.98. The van der Waals surface area contributed by atoms with Crippen molar-refractivity contribution in [3.05, 3.63) is 21.3 Å². The molecule has 0 aliphatic rings. The average molecular weight is 306 g/mol. The minimum atomic E-state index is -0.100. The molecule has 0 N–H and O–H groups in total. The molecule has 0 fully saturated rings. The number of likely N-dealkylation sites (N-methyl/N-ethyl adjacent to an activating group) is 1. The molecule has 0 saturated heterocycles. The monoisotopic (exact) mass is 305 g/mol. The van der Waals surface area contributed by atoms with Crippen LogP contribution < -0.4 is 0 Å². The van der Waals surface area contributed by atoms with Gasteiger partial charge in [-0.3, -0.25) is 9.69 Å². The molecule has 0 aromatic carbocycles. The molecule has 1 aromatic rings. The molecule has 5 heteroatoms. The summed E-state index contributed by atoms with van der Waals surface area (Å²) in [7, 11) is 2.02. The van der Waals surface area contributed by atoms with E-state index >= 15 is 0 Å². The first kappa shape index (κ1) is 16.0. The SMILES string of the molecule is CSCCC(C)N(C)C(C)C(=O)c1ccc(Cl)s1. The van der Waals surface area contributed by atoms with Gasteiger partial charge < -0.3 is 0 Å². The number of rotatable bonds is 7. The van der Waals surface area contributed by atoms with Crippen LogP contribution in [0.1, 0.15) is 29.9 Å². The van der Waals surface area contributed by atoms with Gasteiger partial charge in [-0.05, 0) is 51.5 Å². The quantitative estimate of drug-likeness (QED) is 0.709. The largest absolute Gasteiger partial charge is 0.294 e. The second-order valence-electron chi connectivity index (χ2n) is 4.44. The molecule has 2 unspecified atom stereocenters. The normalized spacial score (nSPS) is 14.8. The lowest BCUT2D eigenvalue weighted by Crippen LogP contribution is -2.41. The Morgan fingerprint density at radius 2 is 2.17 bits per heavy atom. The Labute approximate surface area is 123 Å². The van der Waals surface area contributed by atoms with Crippen molar-refractivity contribution in [1.29, 1.82) is 0 Å². The zero-order valence-corrected chi connectivity index (χ0v) is 13.7. The Kier molecular flexibility index (Phi) is 6.71. The number of nitrogens with zero attached hydrogens (tertiary/aromatic N) is 1. The lowest BCUT2D eigenvalue weighted by atomic mass is 10.1. The molecule has 2 nitrogen and oxygen atoms in total. The van der Waals surface area contributed by atoms with E-state index in [1.54, 1.807) is 6.07 Å². The van der Waals surface area contributed by atoms with Gasteiger partial charge in [-0.1, -0.05) is 11.6 Å². The van der Waals surface area contributed by atoms with Crippen LogP contribution in [0.5, 0.6) is 0 Å². The van der Waals surface area contributed by atoms with Crippen LogP contribution in [-0.4, -0.2) is 41.8 Å². The molecule has 0 aliphatic heterocycles. The minimum absolute atomic E-state index is 0.100. The predicted octanol–water partition coefficient (Wildman–Crippen LogP) is 4.05. The maximum absolute atomic E-state index is 12.3. The Morgan fingerprint density at radius 3 is 2.67 bits per heavy atom. The third-order valence-electron chi connectivity index (χ3n) is 3.24. The van der Waals surface area contributed by atoms with Crippen molar-refractivity contribution in [2.45, 2.75) is 32.4 Å². The number of thiophene rings is 1. The fourth-order valence-electron chi connectivity index (χ4n) is 1.71. The molecule has 0 bridgehead atoms. The van der Waals surface area contributed by atoms with Crippen LogP contribution in [0.25, 0.3) is 0 Å². The highest BCUT2D eigenvalue weighted by Gasteiger charge is 2.24. The summed E-state index contributed by atoms with van der Waals surface area (Å²) in [5.74, 6) is 1.28. The van der Waals surface area contributed by atoms with Gasteiger partial charge in [0, 0.05) is 6.04 Å². The van der Waals surface area contributed by atoms with E-state index in [0.717, 1.165) is 17.1 Å². The first-order chi connectivity index (χ1) is 8.47. The van der Waals surface area contributed by atoms with Gasteiger partial charge >= 0.3 is 0 Å². The molecular formula is C13H20ClNOS2. The fraction of sp³-hybridized carbons (Fsp3) is 0.615. The molecule has 1 aromatic heterocycles. The molecule has 0 spiro atoms. The van der Waals surface area contributed by atoms with E-state index in [4.69, 9.17) is 11.6 Å². The summed E-state index contributed by atoms with van der Waals surface area (Å²) < 4.78 is 0.670. The van der Waals surface area contributed by atoms with E-state index < -0.39 is 0 Å². The second-order valence-corrected chi connectivity index (χ2v) is 7.14. The van der Waals surface area contributed by atoms with Gasteiger partial charge in [0.15, 0.2) is 5.78 Å². The highest BCUT2D eigenvalue weighted by atomic mass is 35.5. The average Bonchev–Trinajstić information content (AvgIpc) is 2.79. The van der Waals surface area contributed by atoms with Crippen molar-refractivity contribution in [2.24, 2.45) is 0 Å².